The van der Waals surface area contributed by atoms with Gasteiger partial charge in [0, 0.05) is 38.6 Å². The highest BCUT2D eigenvalue weighted by Gasteiger charge is 2.32. The second kappa shape index (κ2) is 7.71. The topological polar surface area (TPSA) is 73.6 Å². The molecule has 0 aromatic carbocycles. The Kier molecular flexibility index (Phi) is 6.60. The molecule has 5 nitrogen and oxygen atoms in total. The minimum atomic E-state index is -0.371. The van der Waals surface area contributed by atoms with Gasteiger partial charge in [0.05, 0.1) is 5.60 Å². The maximum absolute atomic E-state index is 11.7. The van der Waals surface area contributed by atoms with Gasteiger partial charge in [-0.25, -0.2) is 0 Å². The Morgan fingerprint density at radius 2 is 2.17 bits per heavy atom. The maximum Gasteiger partial charge on any atom is 0.246 e. The van der Waals surface area contributed by atoms with Gasteiger partial charge in [-0.15, -0.1) is 0 Å². The third-order valence-electron chi connectivity index (χ3n) is 3.41. The monoisotopic (exact) mass is 258 g/mol. The fraction of sp³-hybridized carbons (Fsp3) is 0.923. The molecule has 1 aliphatic heterocycles. The molecule has 3 N–H and O–H groups in total. The van der Waals surface area contributed by atoms with E-state index in [0.717, 1.165) is 25.7 Å². The number of hydrogen-bond acceptors (Lipinski definition) is 4. The van der Waals surface area contributed by atoms with E-state index in [1.807, 2.05) is 6.92 Å². The highest BCUT2D eigenvalue weighted by molar-refractivity contribution is 5.77. The second-order valence-electron chi connectivity index (χ2n) is 5.05. The Morgan fingerprint density at radius 1 is 1.50 bits per heavy atom. The summed E-state index contributed by atoms with van der Waals surface area (Å²) in [6.07, 6.45) is 3.58. The summed E-state index contributed by atoms with van der Waals surface area (Å²) in [4.78, 5) is 11.7. The van der Waals surface area contributed by atoms with Crippen molar-refractivity contribution in [1.29, 1.82) is 0 Å². The first kappa shape index (κ1) is 15.4. The van der Waals surface area contributed by atoms with E-state index in [-0.39, 0.29) is 24.2 Å². The lowest BCUT2D eigenvalue weighted by Crippen LogP contribution is -2.48. The molecular weight excluding hydrogens is 232 g/mol. The molecule has 0 aliphatic carbocycles. The first-order valence-electron chi connectivity index (χ1n) is 6.83. The van der Waals surface area contributed by atoms with Crippen LogP contribution in [0, 0.1) is 0 Å². The first-order chi connectivity index (χ1) is 8.62. The molecule has 0 spiro atoms. The molecule has 1 heterocycles. The molecule has 1 saturated heterocycles. The van der Waals surface area contributed by atoms with Crippen molar-refractivity contribution in [2.75, 3.05) is 26.4 Å². The summed E-state index contributed by atoms with van der Waals surface area (Å²) in [5, 5.41) is 2.93. The number of carbonyl (C=O) groups is 1. The van der Waals surface area contributed by atoms with E-state index >= 15 is 0 Å². The van der Waals surface area contributed by atoms with Crippen LogP contribution in [-0.2, 0) is 14.3 Å². The summed E-state index contributed by atoms with van der Waals surface area (Å²) >= 11 is 0. The van der Waals surface area contributed by atoms with Crippen LogP contribution in [-0.4, -0.2) is 43.9 Å². The normalized spacial score (nSPS) is 20.4. The van der Waals surface area contributed by atoms with E-state index in [0.29, 0.717) is 19.8 Å². The van der Waals surface area contributed by atoms with Crippen molar-refractivity contribution < 1.29 is 14.3 Å². The van der Waals surface area contributed by atoms with Gasteiger partial charge in [-0.2, -0.15) is 0 Å². The number of amides is 1. The van der Waals surface area contributed by atoms with Gasteiger partial charge in [0.25, 0.3) is 0 Å². The number of nitrogens with two attached hydrogens (primary N) is 1. The van der Waals surface area contributed by atoms with Gasteiger partial charge in [0.2, 0.25) is 5.91 Å². The highest BCUT2D eigenvalue weighted by atomic mass is 16.5. The standard InChI is InChI=1S/C13H26N2O3/c1-3-4-11(2)15-12(16)9-18-13(10-14)5-7-17-8-6-13/h11H,3-10,14H2,1-2H3,(H,15,16). The van der Waals surface area contributed by atoms with Crippen LogP contribution in [0.25, 0.3) is 0 Å². The fourth-order valence-electron chi connectivity index (χ4n) is 2.19. The van der Waals surface area contributed by atoms with Gasteiger partial charge in [0.15, 0.2) is 0 Å². The number of nitrogens with one attached hydrogen (secondary N) is 1. The quantitative estimate of drug-likeness (QED) is 0.709. The van der Waals surface area contributed by atoms with Crippen molar-refractivity contribution in [3.8, 4) is 0 Å². The van der Waals surface area contributed by atoms with E-state index < -0.39 is 0 Å². The third kappa shape index (κ3) is 4.92. The van der Waals surface area contributed by atoms with Crippen molar-refractivity contribution in [3.05, 3.63) is 0 Å². The lowest BCUT2D eigenvalue weighted by molar-refractivity contribution is -0.142. The van der Waals surface area contributed by atoms with Gasteiger partial charge in [-0.05, 0) is 13.3 Å². The lowest BCUT2D eigenvalue weighted by atomic mass is 9.94. The number of ether oxygens (including phenoxy) is 2. The molecule has 1 unspecified atom stereocenters. The molecule has 0 aromatic heterocycles. The van der Waals surface area contributed by atoms with Crippen molar-refractivity contribution in [3.63, 3.8) is 0 Å². The molecule has 1 atom stereocenters. The van der Waals surface area contributed by atoms with Crippen LogP contribution in [0.15, 0.2) is 0 Å². The summed E-state index contributed by atoms with van der Waals surface area (Å²) in [5.74, 6) is -0.0599. The zero-order valence-corrected chi connectivity index (χ0v) is 11.5. The van der Waals surface area contributed by atoms with Crippen molar-refractivity contribution in [1.82, 2.24) is 5.32 Å². The average Bonchev–Trinajstić information content (AvgIpc) is 2.38. The molecule has 18 heavy (non-hydrogen) atoms. The maximum atomic E-state index is 11.7. The number of rotatable bonds is 7. The summed E-state index contributed by atoms with van der Waals surface area (Å²) in [6.45, 7) is 5.95. The van der Waals surface area contributed by atoms with E-state index in [4.69, 9.17) is 15.2 Å². The third-order valence-corrected chi connectivity index (χ3v) is 3.41. The largest absolute Gasteiger partial charge is 0.381 e. The molecule has 0 bridgehead atoms. The predicted octanol–water partition coefficient (Wildman–Crippen LogP) is 0.816. The minimum Gasteiger partial charge on any atom is -0.381 e. The van der Waals surface area contributed by atoms with Crippen LogP contribution in [0.1, 0.15) is 39.5 Å². The Hall–Kier alpha value is -0.650. The van der Waals surface area contributed by atoms with Gasteiger partial charge < -0.3 is 20.5 Å². The molecule has 1 amide bonds. The smallest absolute Gasteiger partial charge is 0.246 e. The second-order valence-corrected chi connectivity index (χ2v) is 5.05. The van der Waals surface area contributed by atoms with Gasteiger partial charge in [0.1, 0.15) is 6.61 Å². The summed E-state index contributed by atoms with van der Waals surface area (Å²) in [5.41, 5.74) is 5.39. The van der Waals surface area contributed by atoms with E-state index in [1.165, 1.54) is 0 Å². The van der Waals surface area contributed by atoms with Crippen LogP contribution in [0.4, 0.5) is 0 Å². The molecule has 1 fully saturated rings. The summed E-state index contributed by atoms with van der Waals surface area (Å²) < 4.78 is 11.0. The van der Waals surface area contributed by atoms with Crippen LogP contribution in [0.3, 0.4) is 0 Å². The summed E-state index contributed by atoms with van der Waals surface area (Å²) in [7, 11) is 0. The molecule has 1 rings (SSSR count). The zero-order valence-electron chi connectivity index (χ0n) is 11.5. The Morgan fingerprint density at radius 3 is 2.72 bits per heavy atom. The van der Waals surface area contributed by atoms with Gasteiger partial charge >= 0.3 is 0 Å². The first-order valence-corrected chi connectivity index (χ1v) is 6.83. The molecular formula is C13H26N2O3. The van der Waals surface area contributed by atoms with Crippen LogP contribution < -0.4 is 11.1 Å². The molecule has 1 aliphatic rings. The SMILES string of the molecule is CCCC(C)NC(=O)COC1(CN)CCOCC1. The fourth-order valence-corrected chi connectivity index (χ4v) is 2.19. The van der Waals surface area contributed by atoms with Crippen molar-refractivity contribution >= 4 is 5.91 Å². The summed E-state index contributed by atoms with van der Waals surface area (Å²) in [6, 6.07) is 0.203. The molecule has 0 saturated carbocycles. The van der Waals surface area contributed by atoms with Crippen molar-refractivity contribution in [2.24, 2.45) is 5.73 Å². The minimum absolute atomic E-state index is 0.0599. The Bertz CT molecular complexity index is 253. The Labute approximate surface area is 109 Å². The Balaban J connectivity index is 2.31. The van der Waals surface area contributed by atoms with Gasteiger partial charge in [-0.3, -0.25) is 4.79 Å². The molecule has 0 aromatic rings. The predicted molar refractivity (Wildman–Crippen MR) is 70.3 cm³/mol. The van der Waals surface area contributed by atoms with Crippen molar-refractivity contribution in [2.45, 2.75) is 51.2 Å². The van der Waals surface area contributed by atoms with Crippen LogP contribution in [0.5, 0.6) is 0 Å². The molecule has 106 valence electrons. The van der Waals surface area contributed by atoms with Crippen LogP contribution >= 0.6 is 0 Å². The van der Waals surface area contributed by atoms with E-state index in [1.54, 1.807) is 0 Å². The van der Waals surface area contributed by atoms with Gasteiger partial charge in [-0.1, -0.05) is 13.3 Å². The average molecular weight is 258 g/mol. The van der Waals surface area contributed by atoms with E-state index in [9.17, 15) is 4.79 Å². The molecule has 0 radical (unpaired) electrons. The number of hydrogen-bond donors (Lipinski definition) is 2. The molecule has 5 heteroatoms. The lowest BCUT2D eigenvalue weighted by Gasteiger charge is -2.35. The zero-order chi connectivity index (χ0) is 13.4. The van der Waals surface area contributed by atoms with Crippen LogP contribution in [0.2, 0.25) is 0 Å². The number of carbonyl (C=O) groups excluding carboxylic acids is 1. The van der Waals surface area contributed by atoms with E-state index in [2.05, 4.69) is 12.2 Å². The highest BCUT2D eigenvalue weighted by Crippen LogP contribution is 2.23.